The molecule has 0 N–H and O–H groups in total. The molecule has 1 aliphatic carbocycles. The second-order valence-corrected chi connectivity index (χ2v) is 3.69. The van der Waals surface area contributed by atoms with Gasteiger partial charge in [-0.1, -0.05) is 42.5 Å². The lowest BCUT2D eigenvalue weighted by atomic mass is 9.92. The van der Waals surface area contributed by atoms with Gasteiger partial charge in [-0.2, -0.15) is 0 Å². The molecule has 0 heterocycles. The van der Waals surface area contributed by atoms with Crippen LogP contribution in [0.25, 0.3) is 5.57 Å². The molecule has 0 aromatic heterocycles. The summed E-state index contributed by atoms with van der Waals surface area (Å²) in [6.07, 6.45) is 5.76. The van der Waals surface area contributed by atoms with Crippen LogP contribution in [0.15, 0.2) is 48.1 Å². The van der Waals surface area contributed by atoms with Crippen molar-refractivity contribution in [3.8, 4) is 0 Å². The SMILES string of the molecule is COC(=O)C1=C(c2ccccc2)C=CCC1. The average Bonchev–Trinajstić information content (AvgIpc) is 2.39. The minimum Gasteiger partial charge on any atom is -0.466 e. The minimum absolute atomic E-state index is 0.219. The van der Waals surface area contributed by atoms with Crippen LogP contribution in [0.3, 0.4) is 0 Å². The van der Waals surface area contributed by atoms with E-state index in [2.05, 4.69) is 6.08 Å². The molecule has 0 atom stereocenters. The van der Waals surface area contributed by atoms with E-state index < -0.39 is 0 Å². The summed E-state index contributed by atoms with van der Waals surface area (Å²) in [6.45, 7) is 0. The Balaban J connectivity index is 2.46. The fourth-order valence-corrected chi connectivity index (χ4v) is 1.89. The van der Waals surface area contributed by atoms with Gasteiger partial charge in [0.1, 0.15) is 0 Å². The highest BCUT2D eigenvalue weighted by molar-refractivity contribution is 6.00. The molecule has 0 aliphatic heterocycles. The third-order valence-electron chi connectivity index (χ3n) is 2.69. The van der Waals surface area contributed by atoms with E-state index >= 15 is 0 Å². The molecule has 0 spiro atoms. The van der Waals surface area contributed by atoms with Gasteiger partial charge in [0.15, 0.2) is 0 Å². The summed E-state index contributed by atoms with van der Waals surface area (Å²) in [4.78, 5) is 11.6. The first-order valence-electron chi connectivity index (χ1n) is 5.36. The first kappa shape index (κ1) is 10.7. The molecule has 1 aliphatic rings. The van der Waals surface area contributed by atoms with Gasteiger partial charge in [-0.05, 0) is 24.0 Å². The van der Waals surface area contributed by atoms with Crippen LogP contribution >= 0.6 is 0 Å². The fourth-order valence-electron chi connectivity index (χ4n) is 1.89. The van der Waals surface area contributed by atoms with Gasteiger partial charge >= 0.3 is 5.97 Å². The summed E-state index contributed by atoms with van der Waals surface area (Å²) in [7, 11) is 1.43. The van der Waals surface area contributed by atoms with Crippen molar-refractivity contribution >= 4 is 11.5 Å². The maximum atomic E-state index is 11.6. The first-order chi connectivity index (χ1) is 7.83. The van der Waals surface area contributed by atoms with Gasteiger partial charge < -0.3 is 4.74 Å². The Morgan fingerprint density at radius 3 is 2.69 bits per heavy atom. The van der Waals surface area contributed by atoms with Crippen molar-refractivity contribution in [2.24, 2.45) is 0 Å². The number of ether oxygens (including phenoxy) is 1. The standard InChI is InChI=1S/C14H14O2/c1-16-14(15)13-10-6-5-9-12(13)11-7-3-2-4-8-11/h2-5,7-9H,6,10H2,1H3. The van der Waals surface area contributed by atoms with E-state index in [0.717, 1.165) is 29.6 Å². The highest BCUT2D eigenvalue weighted by atomic mass is 16.5. The Labute approximate surface area is 95.2 Å². The van der Waals surface area contributed by atoms with Crippen molar-refractivity contribution in [3.63, 3.8) is 0 Å². The Bertz CT molecular complexity index is 441. The molecule has 0 saturated carbocycles. The van der Waals surface area contributed by atoms with Crippen LogP contribution in [0.4, 0.5) is 0 Å². The first-order valence-corrected chi connectivity index (χ1v) is 5.36. The maximum absolute atomic E-state index is 11.6. The number of benzene rings is 1. The Kier molecular flexibility index (Phi) is 3.20. The van der Waals surface area contributed by atoms with Crippen molar-refractivity contribution < 1.29 is 9.53 Å². The Morgan fingerprint density at radius 2 is 2.00 bits per heavy atom. The van der Waals surface area contributed by atoms with Crippen molar-refractivity contribution in [2.45, 2.75) is 12.8 Å². The molecule has 1 aromatic rings. The number of esters is 1. The summed E-state index contributed by atoms with van der Waals surface area (Å²) in [6, 6.07) is 9.93. The van der Waals surface area contributed by atoms with Crippen molar-refractivity contribution in [3.05, 3.63) is 53.6 Å². The molecule has 0 radical (unpaired) electrons. The molecular weight excluding hydrogens is 200 g/mol. The van der Waals surface area contributed by atoms with E-state index in [1.54, 1.807) is 0 Å². The van der Waals surface area contributed by atoms with Gasteiger partial charge in [-0.25, -0.2) is 4.79 Å². The number of hydrogen-bond donors (Lipinski definition) is 0. The third-order valence-corrected chi connectivity index (χ3v) is 2.69. The second-order valence-electron chi connectivity index (χ2n) is 3.69. The van der Waals surface area contributed by atoms with Crippen LogP contribution in [0.1, 0.15) is 18.4 Å². The number of rotatable bonds is 2. The predicted molar refractivity (Wildman–Crippen MR) is 63.8 cm³/mol. The molecule has 1 aromatic carbocycles. The molecule has 0 fully saturated rings. The lowest BCUT2D eigenvalue weighted by Gasteiger charge is -2.14. The lowest BCUT2D eigenvalue weighted by Crippen LogP contribution is -2.09. The molecule has 0 saturated heterocycles. The van der Waals surface area contributed by atoms with Crippen LogP contribution in [0.5, 0.6) is 0 Å². The van der Waals surface area contributed by atoms with Gasteiger partial charge in [0.25, 0.3) is 0 Å². The van der Waals surface area contributed by atoms with Crippen LogP contribution in [0.2, 0.25) is 0 Å². The molecule has 0 bridgehead atoms. The molecule has 0 unspecified atom stereocenters. The highest BCUT2D eigenvalue weighted by Gasteiger charge is 2.17. The van der Waals surface area contributed by atoms with Crippen molar-refractivity contribution in [2.75, 3.05) is 7.11 Å². The number of methoxy groups -OCH3 is 1. The number of carbonyl (C=O) groups is 1. The second kappa shape index (κ2) is 4.79. The average molecular weight is 214 g/mol. The minimum atomic E-state index is -0.219. The van der Waals surface area contributed by atoms with Crippen molar-refractivity contribution in [1.29, 1.82) is 0 Å². The third kappa shape index (κ3) is 2.06. The molecule has 2 nitrogen and oxygen atoms in total. The smallest absolute Gasteiger partial charge is 0.334 e. The van der Waals surface area contributed by atoms with E-state index in [4.69, 9.17) is 4.74 Å². The van der Waals surface area contributed by atoms with Crippen LogP contribution in [0, 0.1) is 0 Å². The van der Waals surface area contributed by atoms with E-state index in [1.165, 1.54) is 7.11 Å². The molecule has 2 rings (SSSR count). The number of allylic oxidation sites excluding steroid dienone is 3. The van der Waals surface area contributed by atoms with Crippen LogP contribution < -0.4 is 0 Å². The molecule has 82 valence electrons. The van der Waals surface area contributed by atoms with E-state index in [-0.39, 0.29) is 5.97 Å². The summed E-state index contributed by atoms with van der Waals surface area (Å²) >= 11 is 0. The molecular formula is C14H14O2. The summed E-state index contributed by atoms with van der Waals surface area (Å²) in [5.74, 6) is -0.219. The largest absolute Gasteiger partial charge is 0.466 e. The molecule has 16 heavy (non-hydrogen) atoms. The van der Waals surface area contributed by atoms with E-state index in [1.807, 2.05) is 36.4 Å². The summed E-state index contributed by atoms with van der Waals surface area (Å²) < 4.78 is 4.81. The molecule has 2 heteroatoms. The van der Waals surface area contributed by atoms with E-state index in [0.29, 0.717) is 0 Å². The Morgan fingerprint density at radius 1 is 1.25 bits per heavy atom. The Hall–Kier alpha value is -1.83. The van der Waals surface area contributed by atoms with Gasteiger partial charge in [0.05, 0.1) is 7.11 Å². The fraction of sp³-hybridized carbons (Fsp3) is 0.214. The van der Waals surface area contributed by atoms with E-state index in [9.17, 15) is 4.79 Å². The van der Waals surface area contributed by atoms with Gasteiger partial charge in [0.2, 0.25) is 0 Å². The lowest BCUT2D eigenvalue weighted by molar-refractivity contribution is -0.136. The zero-order chi connectivity index (χ0) is 11.4. The number of hydrogen-bond acceptors (Lipinski definition) is 2. The monoisotopic (exact) mass is 214 g/mol. The van der Waals surface area contributed by atoms with Gasteiger partial charge in [-0.3, -0.25) is 0 Å². The van der Waals surface area contributed by atoms with Gasteiger partial charge in [0, 0.05) is 5.57 Å². The summed E-state index contributed by atoms with van der Waals surface area (Å²) in [5.41, 5.74) is 2.83. The topological polar surface area (TPSA) is 26.3 Å². The normalized spacial score (nSPS) is 15.1. The zero-order valence-corrected chi connectivity index (χ0v) is 9.27. The quantitative estimate of drug-likeness (QED) is 0.707. The molecule has 0 amide bonds. The summed E-state index contributed by atoms with van der Waals surface area (Å²) in [5, 5.41) is 0. The van der Waals surface area contributed by atoms with Crippen LogP contribution in [-0.2, 0) is 9.53 Å². The highest BCUT2D eigenvalue weighted by Crippen LogP contribution is 2.28. The predicted octanol–water partition coefficient (Wildman–Crippen LogP) is 2.96. The van der Waals surface area contributed by atoms with Crippen LogP contribution in [-0.4, -0.2) is 13.1 Å². The number of carbonyl (C=O) groups excluding carboxylic acids is 1. The van der Waals surface area contributed by atoms with Crippen molar-refractivity contribution in [1.82, 2.24) is 0 Å². The zero-order valence-electron chi connectivity index (χ0n) is 9.27. The van der Waals surface area contributed by atoms with Gasteiger partial charge in [-0.15, -0.1) is 0 Å². The maximum Gasteiger partial charge on any atom is 0.334 e.